The minimum absolute atomic E-state index is 0.346. The van der Waals surface area contributed by atoms with E-state index in [0.29, 0.717) is 6.42 Å². The molecule has 0 aromatic carbocycles. The van der Waals surface area contributed by atoms with Crippen LogP contribution in [0.4, 0.5) is 0 Å². The van der Waals surface area contributed by atoms with Crippen molar-refractivity contribution < 1.29 is 14.6 Å². The minimum Gasteiger partial charge on any atom is -0.468 e. The number of ether oxygens (including phenoxy) is 1. The molecule has 2 atom stereocenters. The van der Waals surface area contributed by atoms with Crippen LogP contribution < -0.4 is 0 Å². The van der Waals surface area contributed by atoms with Gasteiger partial charge >= 0.3 is 5.97 Å². The van der Waals surface area contributed by atoms with Gasteiger partial charge in [-0.25, -0.2) is 0 Å². The lowest BCUT2D eigenvalue weighted by atomic mass is 9.84. The molecule has 4 nitrogen and oxygen atoms in total. The summed E-state index contributed by atoms with van der Waals surface area (Å²) in [5.41, 5.74) is -1.44. The third-order valence-corrected chi connectivity index (χ3v) is 1.89. The molecule has 0 saturated carbocycles. The zero-order chi connectivity index (χ0) is 9.78. The number of rotatable bonds is 3. The second-order valence-corrected chi connectivity index (χ2v) is 2.73. The standard InChI is InChI=1S/C8H13NO3/c1-4-6(10)8(2,5-9)7(11)12-3/h6,10H,4H2,1-3H3/t6-,8-/m0/s1. The molecule has 0 rings (SSSR count). The van der Waals surface area contributed by atoms with Gasteiger partial charge in [-0.2, -0.15) is 5.26 Å². The number of hydrogen-bond acceptors (Lipinski definition) is 4. The highest BCUT2D eigenvalue weighted by Crippen LogP contribution is 2.24. The Labute approximate surface area is 71.8 Å². The summed E-state index contributed by atoms with van der Waals surface area (Å²) < 4.78 is 4.41. The van der Waals surface area contributed by atoms with Crippen LogP contribution in [0.25, 0.3) is 0 Å². The van der Waals surface area contributed by atoms with E-state index < -0.39 is 17.5 Å². The normalized spacial score (nSPS) is 17.2. The number of esters is 1. The second kappa shape index (κ2) is 4.07. The number of aliphatic hydroxyl groups is 1. The highest BCUT2D eigenvalue weighted by atomic mass is 16.5. The molecule has 0 fully saturated rings. The Bertz CT molecular complexity index is 209. The third kappa shape index (κ3) is 1.74. The number of hydrogen-bond donors (Lipinski definition) is 1. The molecule has 0 spiro atoms. The van der Waals surface area contributed by atoms with Crippen LogP contribution in [-0.4, -0.2) is 24.3 Å². The predicted molar refractivity (Wildman–Crippen MR) is 42.0 cm³/mol. The summed E-state index contributed by atoms with van der Waals surface area (Å²) in [5, 5.41) is 18.0. The van der Waals surface area contributed by atoms with Crippen molar-refractivity contribution in [3.05, 3.63) is 0 Å². The fraction of sp³-hybridized carbons (Fsp3) is 0.750. The molecule has 0 aliphatic heterocycles. The fourth-order valence-corrected chi connectivity index (χ4v) is 0.876. The molecule has 0 amide bonds. The highest BCUT2D eigenvalue weighted by Gasteiger charge is 2.41. The quantitative estimate of drug-likeness (QED) is 0.626. The van der Waals surface area contributed by atoms with Crippen molar-refractivity contribution in [2.45, 2.75) is 26.4 Å². The van der Waals surface area contributed by atoms with Crippen molar-refractivity contribution in [2.75, 3.05) is 7.11 Å². The van der Waals surface area contributed by atoms with Crippen LogP contribution in [0.2, 0.25) is 0 Å². The van der Waals surface area contributed by atoms with E-state index in [1.165, 1.54) is 14.0 Å². The SMILES string of the molecule is CC[C@H](O)[C@](C)(C#N)C(=O)OC. The van der Waals surface area contributed by atoms with Gasteiger partial charge in [0.1, 0.15) is 0 Å². The molecule has 0 saturated heterocycles. The molecular formula is C8H13NO3. The van der Waals surface area contributed by atoms with E-state index in [0.717, 1.165) is 0 Å². The summed E-state index contributed by atoms with van der Waals surface area (Å²) >= 11 is 0. The lowest BCUT2D eigenvalue weighted by Gasteiger charge is -2.23. The molecule has 4 heteroatoms. The van der Waals surface area contributed by atoms with Crippen LogP contribution in [0.3, 0.4) is 0 Å². The molecule has 0 radical (unpaired) electrons. The van der Waals surface area contributed by atoms with Crippen molar-refractivity contribution in [3.8, 4) is 6.07 Å². The van der Waals surface area contributed by atoms with Crippen LogP contribution in [-0.2, 0) is 9.53 Å². The van der Waals surface area contributed by atoms with Crippen LogP contribution in [0.5, 0.6) is 0 Å². The third-order valence-electron chi connectivity index (χ3n) is 1.89. The monoisotopic (exact) mass is 171 g/mol. The van der Waals surface area contributed by atoms with E-state index in [9.17, 15) is 9.90 Å². The summed E-state index contributed by atoms with van der Waals surface area (Å²) in [7, 11) is 1.19. The molecular weight excluding hydrogens is 158 g/mol. The van der Waals surface area contributed by atoms with Crippen LogP contribution in [0, 0.1) is 16.7 Å². The van der Waals surface area contributed by atoms with Gasteiger partial charge in [0.25, 0.3) is 0 Å². The van der Waals surface area contributed by atoms with E-state index >= 15 is 0 Å². The molecule has 0 aromatic heterocycles. The number of aliphatic hydroxyl groups excluding tert-OH is 1. The number of nitriles is 1. The minimum atomic E-state index is -1.44. The smallest absolute Gasteiger partial charge is 0.328 e. The van der Waals surface area contributed by atoms with Crippen molar-refractivity contribution in [1.82, 2.24) is 0 Å². The lowest BCUT2D eigenvalue weighted by Crippen LogP contribution is -2.39. The van der Waals surface area contributed by atoms with E-state index in [-0.39, 0.29) is 0 Å². The predicted octanol–water partition coefficient (Wildman–Crippen LogP) is 0.460. The number of carbonyl (C=O) groups is 1. The molecule has 0 aliphatic rings. The van der Waals surface area contributed by atoms with Gasteiger partial charge in [0.15, 0.2) is 5.41 Å². The zero-order valence-electron chi connectivity index (χ0n) is 7.50. The van der Waals surface area contributed by atoms with E-state index in [1.54, 1.807) is 13.0 Å². The Morgan fingerprint density at radius 2 is 2.33 bits per heavy atom. The first-order chi connectivity index (χ1) is 5.52. The largest absolute Gasteiger partial charge is 0.468 e. The Hall–Kier alpha value is -1.08. The summed E-state index contributed by atoms with van der Waals surface area (Å²) in [5.74, 6) is -0.695. The number of carbonyl (C=O) groups excluding carboxylic acids is 1. The Balaban J connectivity index is 4.70. The van der Waals surface area contributed by atoms with Gasteiger partial charge in [-0.3, -0.25) is 4.79 Å². The molecule has 1 N–H and O–H groups in total. The summed E-state index contributed by atoms with van der Waals surface area (Å²) in [6.07, 6.45) is -0.631. The second-order valence-electron chi connectivity index (χ2n) is 2.73. The fourth-order valence-electron chi connectivity index (χ4n) is 0.876. The van der Waals surface area contributed by atoms with E-state index in [2.05, 4.69) is 4.74 Å². The van der Waals surface area contributed by atoms with Gasteiger partial charge in [-0.05, 0) is 13.3 Å². The van der Waals surface area contributed by atoms with Gasteiger partial charge in [0, 0.05) is 0 Å². The highest BCUT2D eigenvalue weighted by molar-refractivity contribution is 5.80. The van der Waals surface area contributed by atoms with Crippen molar-refractivity contribution in [2.24, 2.45) is 5.41 Å². The van der Waals surface area contributed by atoms with E-state index in [4.69, 9.17) is 5.26 Å². The molecule has 0 aromatic rings. The van der Waals surface area contributed by atoms with Crippen molar-refractivity contribution in [3.63, 3.8) is 0 Å². The topological polar surface area (TPSA) is 70.3 Å². The Kier molecular flexibility index (Phi) is 3.71. The molecule has 0 aliphatic carbocycles. The first-order valence-corrected chi connectivity index (χ1v) is 3.70. The molecule has 0 heterocycles. The van der Waals surface area contributed by atoms with Crippen LogP contribution in [0.1, 0.15) is 20.3 Å². The van der Waals surface area contributed by atoms with Gasteiger partial charge in [0.2, 0.25) is 0 Å². The summed E-state index contributed by atoms with van der Waals surface area (Å²) in [4.78, 5) is 11.1. The summed E-state index contributed by atoms with van der Waals surface area (Å²) in [6.45, 7) is 3.07. The average molecular weight is 171 g/mol. The first-order valence-electron chi connectivity index (χ1n) is 3.70. The van der Waals surface area contributed by atoms with Crippen molar-refractivity contribution in [1.29, 1.82) is 5.26 Å². The Morgan fingerprint density at radius 3 is 2.58 bits per heavy atom. The summed E-state index contributed by atoms with van der Waals surface area (Å²) in [6, 6.07) is 1.76. The van der Waals surface area contributed by atoms with Crippen LogP contribution in [0.15, 0.2) is 0 Å². The molecule has 68 valence electrons. The number of nitrogens with zero attached hydrogens (tertiary/aromatic N) is 1. The van der Waals surface area contributed by atoms with Gasteiger partial charge in [0.05, 0.1) is 19.3 Å². The number of methoxy groups -OCH3 is 1. The molecule has 0 unspecified atom stereocenters. The maximum absolute atomic E-state index is 11.1. The first kappa shape index (κ1) is 10.9. The maximum Gasteiger partial charge on any atom is 0.328 e. The van der Waals surface area contributed by atoms with Gasteiger partial charge < -0.3 is 9.84 Å². The van der Waals surface area contributed by atoms with E-state index in [1.807, 2.05) is 0 Å². The maximum atomic E-state index is 11.1. The lowest BCUT2D eigenvalue weighted by molar-refractivity contribution is -0.154. The average Bonchev–Trinajstić information content (AvgIpc) is 2.13. The Morgan fingerprint density at radius 1 is 1.83 bits per heavy atom. The van der Waals surface area contributed by atoms with Gasteiger partial charge in [-0.15, -0.1) is 0 Å². The van der Waals surface area contributed by atoms with Crippen molar-refractivity contribution >= 4 is 5.97 Å². The zero-order valence-corrected chi connectivity index (χ0v) is 7.50. The molecule has 12 heavy (non-hydrogen) atoms. The van der Waals surface area contributed by atoms with Crippen LogP contribution >= 0.6 is 0 Å². The molecule has 0 bridgehead atoms. The van der Waals surface area contributed by atoms with Gasteiger partial charge in [-0.1, -0.05) is 6.92 Å².